The van der Waals surface area contributed by atoms with E-state index in [1.165, 1.54) is 0 Å². The fourth-order valence-corrected chi connectivity index (χ4v) is 1.43. The van der Waals surface area contributed by atoms with E-state index in [4.69, 9.17) is 0 Å². The Hall–Kier alpha value is -1.36. The van der Waals surface area contributed by atoms with Crippen LogP contribution in [-0.2, 0) is 6.42 Å². The van der Waals surface area contributed by atoms with Crippen molar-refractivity contribution in [2.45, 2.75) is 46.1 Å². The molecule has 0 aromatic carbocycles. The van der Waals surface area contributed by atoms with Crippen molar-refractivity contribution < 1.29 is 9.90 Å². The average Bonchev–Trinajstić information content (AvgIpc) is 2.75. The standard InChI is InChI=1S/C13H23N3O2/c1-5-6-10-7-11(16-15-10)12(17)14-8-13(4,18)9(2)3/h7,9,18H,5-6,8H2,1-4H3,(H,14,17)(H,15,16). The molecule has 3 N–H and O–H groups in total. The second kappa shape index (κ2) is 6.00. The summed E-state index contributed by atoms with van der Waals surface area (Å²) in [6.07, 6.45) is 1.88. The summed E-state index contributed by atoms with van der Waals surface area (Å²) in [7, 11) is 0. The van der Waals surface area contributed by atoms with E-state index in [0.29, 0.717) is 5.69 Å². The first-order valence-corrected chi connectivity index (χ1v) is 6.41. The average molecular weight is 253 g/mol. The number of nitrogens with one attached hydrogen (secondary N) is 2. The number of rotatable bonds is 6. The Morgan fingerprint density at radius 3 is 2.83 bits per heavy atom. The summed E-state index contributed by atoms with van der Waals surface area (Å²) < 4.78 is 0. The number of carbonyl (C=O) groups excluding carboxylic acids is 1. The summed E-state index contributed by atoms with van der Waals surface area (Å²) in [4.78, 5) is 11.8. The maximum Gasteiger partial charge on any atom is 0.271 e. The van der Waals surface area contributed by atoms with Crippen LogP contribution in [0.5, 0.6) is 0 Å². The molecule has 0 aliphatic carbocycles. The molecule has 1 aromatic heterocycles. The van der Waals surface area contributed by atoms with Gasteiger partial charge in [0.15, 0.2) is 0 Å². The topological polar surface area (TPSA) is 78.0 Å². The van der Waals surface area contributed by atoms with Crippen molar-refractivity contribution in [2.75, 3.05) is 6.54 Å². The highest BCUT2D eigenvalue weighted by Gasteiger charge is 2.25. The SMILES string of the molecule is CCCc1cc(C(=O)NCC(C)(O)C(C)C)n[nH]1. The van der Waals surface area contributed by atoms with Crippen LogP contribution < -0.4 is 5.32 Å². The van der Waals surface area contributed by atoms with Gasteiger partial charge < -0.3 is 10.4 Å². The quantitative estimate of drug-likeness (QED) is 0.719. The van der Waals surface area contributed by atoms with Crippen LogP contribution in [0.3, 0.4) is 0 Å². The molecule has 1 amide bonds. The number of nitrogens with zero attached hydrogens (tertiary/aromatic N) is 1. The lowest BCUT2D eigenvalue weighted by atomic mass is 9.92. The largest absolute Gasteiger partial charge is 0.388 e. The molecule has 1 heterocycles. The summed E-state index contributed by atoms with van der Waals surface area (Å²) in [6.45, 7) is 7.84. The molecule has 102 valence electrons. The molecule has 1 unspecified atom stereocenters. The first kappa shape index (κ1) is 14.7. The number of H-pyrrole nitrogens is 1. The van der Waals surface area contributed by atoms with Crippen molar-refractivity contribution in [3.8, 4) is 0 Å². The molecule has 1 atom stereocenters. The van der Waals surface area contributed by atoms with E-state index in [-0.39, 0.29) is 18.4 Å². The molecular weight excluding hydrogens is 230 g/mol. The Kier molecular flexibility index (Phi) is 4.90. The van der Waals surface area contributed by atoms with Gasteiger partial charge >= 0.3 is 0 Å². The van der Waals surface area contributed by atoms with Gasteiger partial charge in [0.1, 0.15) is 5.69 Å². The van der Waals surface area contributed by atoms with E-state index in [2.05, 4.69) is 22.4 Å². The van der Waals surface area contributed by atoms with Gasteiger partial charge in [0.05, 0.1) is 5.60 Å². The van der Waals surface area contributed by atoms with Crippen LogP contribution in [0.4, 0.5) is 0 Å². The molecule has 0 saturated heterocycles. The van der Waals surface area contributed by atoms with Crippen molar-refractivity contribution in [1.29, 1.82) is 0 Å². The molecule has 0 aliphatic rings. The number of aromatic nitrogens is 2. The van der Waals surface area contributed by atoms with Crippen LogP contribution in [-0.4, -0.2) is 33.4 Å². The molecular formula is C13H23N3O2. The zero-order valence-corrected chi connectivity index (χ0v) is 11.6. The van der Waals surface area contributed by atoms with Gasteiger partial charge in [0.2, 0.25) is 0 Å². The molecule has 0 saturated carbocycles. The molecule has 1 aromatic rings. The van der Waals surface area contributed by atoms with Crippen LogP contribution in [0, 0.1) is 5.92 Å². The van der Waals surface area contributed by atoms with Gasteiger partial charge in [0.25, 0.3) is 5.91 Å². The first-order valence-electron chi connectivity index (χ1n) is 6.41. The van der Waals surface area contributed by atoms with Crippen molar-refractivity contribution in [3.63, 3.8) is 0 Å². The Labute approximate surface area is 108 Å². The number of hydrogen-bond acceptors (Lipinski definition) is 3. The van der Waals surface area contributed by atoms with Gasteiger partial charge in [-0.2, -0.15) is 5.10 Å². The van der Waals surface area contributed by atoms with E-state index in [1.54, 1.807) is 13.0 Å². The number of aliphatic hydroxyl groups is 1. The number of hydrogen-bond donors (Lipinski definition) is 3. The predicted molar refractivity (Wildman–Crippen MR) is 70.4 cm³/mol. The van der Waals surface area contributed by atoms with Crippen LogP contribution in [0.2, 0.25) is 0 Å². The van der Waals surface area contributed by atoms with Crippen LogP contribution >= 0.6 is 0 Å². The van der Waals surface area contributed by atoms with Gasteiger partial charge in [-0.25, -0.2) is 0 Å². The lowest BCUT2D eigenvalue weighted by molar-refractivity contribution is 0.0142. The molecule has 0 aliphatic heterocycles. The maximum absolute atomic E-state index is 11.8. The second-order valence-corrected chi connectivity index (χ2v) is 5.22. The molecule has 0 fully saturated rings. The lowest BCUT2D eigenvalue weighted by Gasteiger charge is -2.27. The highest BCUT2D eigenvalue weighted by Crippen LogP contribution is 2.14. The highest BCUT2D eigenvalue weighted by molar-refractivity contribution is 5.92. The third kappa shape index (κ3) is 3.84. The third-order valence-electron chi connectivity index (χ3n) is 3.23. The molecule has 18 heavy (non-hydrogen) atoms. The summed E-state index contributed by atoms with van der Waals surface area (Å²) >= 11 is 0. The Morgan fingerprint density at radius 2 is 2.28 bits per heavy atom. The summed E-state index contributed by atoms with van der Waals surface area (Å²) in [5.74, 6) is -0.179. The Bertz CT molecular complexity index is 397. The molecule has 0 bridgehead atoms. The summed E-state index contributed by atoms with van der Waals surface area (Å²) in [5, 5.41) is 19.5. The fourth-order valence-electron chi connectivity index (χ4n) is 1.43. The van der Waals surface area contributed by atoms with Gasteiger partial charge in [-0.1, -0.05) is 27.2 Å². The van der Waals surface area contributed by atoms with Crippen molar-refractivity contribution in [1.82, 2.24) is 15.5 Å². The number of aryl methyl sites for hydroxylation is 1. The van der Waals surface area contributed by atoms with E-state index >= 15 is 0 Å². The molecule has 0 spiro atoms. The zero-order chi connectivity index (χ0) is 13.8. The first-order chi connectivity index (χ1) is 8.36. The number of aromatic amines is 1. The predicted octanol–water partition coefficient (Wildman–Crippen LogP) is 1.50. The van der Waals surface area contributed by atoms with Crippen LogP contribution in [0.15, 0.2) is 6.07 Å². The molecule has 5 heteroatoms. The zero-order valence-electron chi connectivity index (χ0n) is 11.6. The molecule has 1 rings (SSSR count). The third-order valence-corrected chi connectivity index (χ3v) is 3.23. The van der Waals surface area contributed by atoms with E-state index in [1.807, 2.05) is 13.8 Å². The molecule has 5 nitrogen and oxygen atoms in total. The van der Waals surface area contributed by atoms with Crippen LogP contribution in [0.1, 0.15) is 50.3 Å². The molecule has 0 radical (unpaired) electrons. The minimum absolute atomic E-state index is 0.0765. The van der Waals surface area contributed by atoms with Gasteiger partial charge in [-0.15, -0.1) is 0 Å². The summed E-state index contributed by atoms with van der Waals surface area (Å²) in [5.41, 5.74) is 0.425. The minimum atomic E-state index is -0.905. The van der Waals surface area contributed by atoms with Crippen molar-refractivity contribution in [2.24, 2.45) is 5.92 Å². The fraction of sp³-hybridized carbons (Fsp3) is 0.692. The second-order valence-electron chi connectivity index (χ2n) is 5.22. The van der Waals surface area contributed by atoms with E-state index < -0.39 is 5.60 Å². The van der Waals surface area contributed by atoms with Crippen molar-refractivity contribution in [3.05, 3.63) is 17.5 Å². The van der Waals surface area contributed by atoms with E-state index in [0.717, 1.165) is 18.5 Å². The van der Waals surface area contributed by atoms with Gasteiger partial charge in [-0.05, 0) is 25.3 Å². The normalized spacial score (nSPS) is 14.6. The number of carbonyl (C=O) groups is 1. The summed E-state index contributed by atoms with van der Waals surface area (Å²) in [6, 6.07) is 1.75. The van der Waals surface area contributed by atoms with E-state index in [9.17, 15) is 9.90 Å². The lowest BCUT2D eigenvalue weighted by Crippen LogP contribution is -2.44. The van der Waals surface area contributed by atoms with Gasteiger partial charge in [-0.3, -0.25) is 9.89 Å². The maximum atomic E-state index is 11.8. The monoisotopic (exact) mass is 253 g/mol. The van der Waals surface area contributed by atoms with Crippen molar-refractivity contribution >= 4 is 5.91 Å². The number of amides is 1. The van der Waals surface area contributed by atoms with Gasteiger partial charge in [0, 0.05) is 12.2 Å². The van der Waals surface area contributed by atoms with Crippen LogP contribution in [0.25, 0.3) is 0 Å². The Morgan fingerprint density at radius 1 is 1.61 bits per heavy atom. The Balaban J connectivity index is 2.55. The highest BCUT2D eigenvalue weighted by atomic mass is 16.3. The smallest absolute Gasteiger partial charge is 0.271 e. The minimum Gasteiger partial charge on any atom is -0.388 e.